The number of rotatable bonds is 3. The van der Waals surface area contributed by atoms with Crippen LogP contribution < -0.4 is 5.32 Å². The molecule has 2 N–H and O–H groups in total. The van der Waals surface area contributed by atoms with Crippen LogP contribution in [0.2, 0.25) is 0 Å². The van der Waals surface area contributed by atoms with Gasteiger partial charge in [0.25, 0.3) is 0 Å². The molecule has 2 aromatic rings. The average Bonchev–Trinajstić information content (AvgIpc) is 2.76. The molecule has 3 nitrogen and oxygen atoms in total. The van der Waals surface area contributed by atoms with Crippen LogP contribution in [0.25, 0.3) is 0 Å². The van der Waals surface area contributed by atoms with Gasteiger partial charge in [0.1, 0.15) is 17.3 Å². The maximum absolute atomic E-state index is 13.2. The predicted octanol–water partition coefficient (Wildman–Crippen LogP) is 2.47. The number of benzene rings is 1. The van der Waals surface area contributed by atoms with E-state index in [9.17, 15) is 13.6 Å². The van der Waals surface area contributed by atoms with Crippen LogP contribution in [-0.4, -0.2) is 10.9 Å². The SMILES string of the molecule is O=C(Cc1cc[nH]c1)Nc1c(F)cccc1F. The van der Waals surface area contributed by atoms with Crippen molar-refractivity contribution in [2.45, 2.75) is 6.42 Å². The molecule has 0 aliphatic heterocycles. The van der Waals surface area contributed by atoms with E-state index in [-0.39, 0.29) is 6.42 Å². The second-order valence-electron chi connectivity index (χ2n) is 3.54. The molecule has 0 radical (unpaired) electrons. The lowest BCUT2D eigenvalue weighted by atomic mass is 10.2. The van der Waals surface area contributed by atoms with Gasteiger partial charge < -0.3 is 10.3 Å². The number of para-hydroxylation sites is 1. The molecule has 1 heterocycles. The summed E-state index contributed by atoms with van der Waals surface area (Å²) in [6, 6.07) is 5.15. The fourth-order valence-electron chi connectivity index (χ4n) is 1.45. The smallest absolute Gasteiger partial charge is 0.229 e. The molecule has 17 heavy (non-hydrogen) atoms. The van der Waals surface area contributed by atoms with E-state index in [0.717, 1.165) is 17.7 Å². The van der Waals surface area contributed by atoms with Crippen molar-refractivity contribution in [3.8, 4) is 0 Å². The zero-order valence-electron chi connectivity index (χ0n) is 8.84. The van der Waals surface area contributed by atoms with Gasteiger partial charge in [-0.25, -0.2) is 8.78 Å². The minimum absolute atomic E-state index is 0.0667. The molecular formula is C12H10F2N2O. The van der Waals surface area contributed by atoms with Crippen LogP contribution in [0.4, 0.5) is 14.5 Å². The number of hydrogen-bond donors (Lipinski definition) is 2. The second-order valence-corrected chi connectivity index (χ2v) is 3.54. The summed E-state index contributed by atoms with van der Waals surface area (Å²) in [6.45, 7) is 0. The number of H-pyrrole nitrogens is 1. The van der Waals surface area contributed by atoms with Crippen molar-refractivity contribution in [2.75, 3.05) is 5.32 Å². The quantitative estimate of drug-likeness (QED) is 0.844. The first-order valence-corrected chi connectivity index (χ1v) is 5.02. The van der Waals surface area contributed by atoms with Crippen molar-refractivity contribution in [1.82, 2.24) is 4.98 Å². The van der Waals surface area contributed by atoms with Gasteiger partial charge in [0.05, 0.1) is 6.42 Å². The number of halogens is 2. The molecule has 0 spiro atoms. The summed E-state index contributed by atoms with van der Waals surface area (Å²) in [5.41, 5.74) is 0.340. The molecule has 5 heteroatoms. The first kappa shape index (κ1) is 11.3. The molecule has 0 bridgehead atoms. The van der Waals surface area contributed by atoms with Gasteiger partial charge in [-0.1, -0.05) is 6.07 Å². The maximum Gasteiger partial charge on any atom is 0.229 e. The Bertz CT molecular complexity index is 503. The Labute approximate surface area is 96.5 Å². The Balaban J connectivity index is 2.08. The highest BCUT2D eigenvalue weighted by atomic mass is 19.1. The molecule has 88 valence electrons. The first-order valence-electron chi connectivity index (χ1n) is 5.02. The van der Waals surface area contributed by atoms with Crippen LogP contribution in [0.15, 0.2) is 36.7 Å². The van der Waals surface area contributed by atoms with Crippen molar-refractivity contribution >= 4 is 11.6 Å². The lowest BCUT2D eigenvalue weighted by Crippen LogP contribution is -2.16. The van der Waals surface area contributed by atoms with Crippen molar-refractivity contribution in [3.63, 3.8) is 0 Å². The molecule has 1 aromatic heterocycles. The highest BCUT2D eigenvalue weighted by Crippen LogP contribution is 2.18. The molecule has 0 unspecified atom stereocenters. The fourth-order valence-corrected chi connectivity index (χ4v) is 1.45. The van der Waals surface area contributed by atoms with Gasteiger partial charge >= 0.3 is 0 Å². The number of carbonyl (C=O) groups excluding carboxylic acids is 1. The highest BCUT2D eigenvalue weighted by molar-refractivity contribution is 5.92. The minimum Gasteiger partial charge on any atom is -0.367 e. The monoisotopic (exact) mass is 236 g/mol. The Kier molecular flexibility index (Phi) is 3.18. The van der Waals surface area contributed by atoms with E-state index in [4.69, 9.17) is 0 Å². The van der Waals surface area contributed by atoms with E-state index >= 15 is 0 Å². The molecule has 0 aliphatic rings. The third kappa shape index (κ3) is 2.69. The predicted molar refractivity (Wildman–Crippen MR) is 59.5 cm³/mol. The second kappa shape index (κ2) is 4.78. The summed E-state index contributed by atoms with van der Waals surface area (Å²) < 4.78 is 26.5. The molecule has 1 aromatic carbocycles. The number of carbonyl (C=O) groups is 1. The molecule has 0 atom stereocenters. The Morgan fingerprint density at radius 1 is 1.24 bits per heavy atom. The molecule has 0 saturated carbocycles. The maximum atomic E-state index is 13.2. The number of amides is 1. The summed E-state index contributed by atoms with van der Waals surface area (Å²) in [5.74, 6) is -2.03. The standard InChI is InChI=1S/C12H10F2N2O/c13-9-2-1-3-10(14)12(9)16-11(17)6-8-4-5-15-7-8/h1-5,7,15H,6H2,(H,16,17). The van der Waals surface area contributed by atoms with Crippen molar-refractivity contribution < 1.29 is 13.6 Å². The molecular weight excluding hydrogens is 226 g/mol. The average molecular weight is 236 g/mol. The molecule has 1 amide bonds. The molecule has 0 fully saturated rings. The van der Waals surface area contributed by atoms with E-state index in [1.165, 1.54) is 6.07 Å². The summed E-state index contributed by atoms with van der Waals surface area (Å²) in [4.78, 5) is 14.3. The Hall–Kier alpha value is -2.17. The van der Waals surface area contributed by atoms with Crippen LogP contribution in [0.5, 0.6) is 0 Å². The van der Waals surface area contributed by atoms with Crippen LogP contribution in [0.1, 0.15) is 5.56 Å². The van der Waals surface area contributed by atoms with Crippen LogP contribution in [-0.2, 0) is 11.2 Å². The van der Waals surface area contributed by atoms with E-state index in [1.807, 2.05) is 0 Å². The summed E-state index contributed by atoms with van der Waals surface area (Å²) >= 11 is 0. The third-order valence-electron chi connectivity index (χ3n) is 2.25. The van der Waals surface area contributed by atoms with Gasteiger partial charge in [0.15, 0.2) is 0 Å². The van der Waals surface area contributed by atoms with E-state index in [1.54, 1.807) is 18.5 Å². The van der Waals surface area contributed by atoms with E-state index in [0.29, 0.717) is 0 Å². The van der Waals surface area contributed by atoms with Gasteiger partial charge in [0, 0.05) is 12.4 Å². The largest absolute Gasteiger partial charge is 0.367 e. The Morgan fingerprint density at radius 3 is 2.53 bits per heavy atom. The molecule has 0 saturated heterocycles. The van der Waals surface area contributed by atoms with Crippen molar-refractivity contribution in [1.29, 1.82) is 0 Å². The topological polar surface area (TPSA) is 44.9 Å². The van der Waals surface area contributed by atoms with Gasteiger partial charge in [-0.05, 0) is 23.8 Å². The summed E-state index contributed by atoms with van der Waals surface area (Å²) in [6.07, 6.45) is 3.39. The molecule has 0 aliphatic carbocycles. The van der Waals surface area contributed by atoms with E-state index < -0.39 is 23.2 Å². The van der Waals surface area contributed by atoms with Gasteiger partial charge in [0.2, 0.25) is 5.91 Å². The zero-order chi connectivity index (χ0) is 12.3. The Morgan fingerprint density at radius 2 is 1.94 bits per heavy atom. The lowest BCUT2D eigenvalue weighted by molar-refractivity contribution is -0.115. The van der Waals surface area contributed by atoms with Gasteiger partial charge in [-0.2, -0.15) is 0 Å². The van der Waals surface area contributed by atoms with Gasteiger partial charge in [-0.3, -0.25) is 4.79 Å². The number of nitrogens with one attached hydrogen (secondary N) is 2. The third-order valence-corrected chi connectivity index (χ3v) is 2.25. The lowest BCUT2D eigenvalue weighted by Gasteiger charge is -2.06. The minimum atomic E-state index is -0.785. The van der Waals surface area contributed by atoms with Gasteiger partial charge in [-0.15, -0.1) is 0 Å². The number of anilines is 1. The number of aromatic amines is 1. The summed E-state index contributed by atoms with van der Waals surface area (Å²) in [7, 11) is 0. The van der Waals surface area contributed by atoms with Crippen molar-refractivity contribution in [3.05, 3.63) is 53.9 Å². The van der Waals surface area contributed by atoms with Crippen molar-refractivity contribution in [2.24, 2.45) is 0 Å². The van der Waals surface area contributed by atoms with Crippen LogP contribution in [0, 0.1) is 11.6 Å². The molecule has 2 rings (SSSR count). The van der Waals surface area contributed by atoms with E-state index in [2.05, 4.69) is 10.3 Å². The number of hydrogen-bond acceptors (Lipinski definition) is 1. The number of aromatic nitrogens is 1. The van der Waals surface area contributed by atoms with Crippen LogP contribution in [0.3, 0.4) is 0 Å². The van der Waals surface area contributed by atoms with Crippen LogP contribution >= 0.6 is 0 Å². The summed E-state index contributed by atoms with van der Waals surface area (Å²) in [5, 5.41) is 2.21. The highest BCUT2D eigenvalue weighted by Gasteiger charge is 2.12. The fraction of sp³-hybridized carbons (Fsp3) is 0.0833. The first-order chi connectivity index (χ1) is 8.16. The normalized spacial score (nSPS) is 10.2. The zero-order valence-corrected chi connectivity index (χ0v) is 8.84.